The molecule has 2 aromatic rings. The first-order chi connectivity index (χ1) is 11.8. The van der Waals surface area contributed by atoms with Crippen LogP contribution in [0.4, 0.5) is 5.82 Å². The lowest BCUT2D eigenvalue weighted by Crippen LogP contribution is -2.34. The van der Waals surface area contributed by atoms with Crippen molar-refractivity contribution in [2.45, 2.75) is 37.4 Å². The molecule has 1 N–H and O–H groups in total. The number of carbonyl (C=O) groups is 1. The summed E-state index contributed by atoms with van der Waals surface area (Å²) in [6.07, 6.45) is 7.70. The Hall–Kier alpha value is -2.94. The molecule has 0 unspecified atom stereocenters. The molecule has 1 amide bonds. The van der Waals surface area contributed by atoms with Gasteiger partial charge in [-0.05, 0) is 36.6 Å². The summed E-state index contributed by atoms with van der Waals surface area (Å²) < 4.78 is 0. The summed E-state index contributed by atoms with van der Waals surface area (Å²) in [6, 6.07) is 9.76. The fourth-order valence-corrected chi connectivity index (χ4v) is 3.35. The number of anilines is 1. The van der Waals surface area contributed by atoms with Crippen LogP contribution >= 0.6 is 0 Å². The second-order valence-electron chi connectivity index (χ2n) is 6.26. The SMILES string of the molecule is N#Cc1ccc(N[C@@H]2CC(=O)N(C3CC3)[C@H]2c2cccnc2)nc1. The van der Waals surface area contributed by atoms with Gasteiger partial charge in [0.25, 0.3) is 0 Å². The zero-order valence-electron chi connectivity index (χ0n) is 13.1. The van der Waals surface area contributed by atoms with Crippen molar-refractivity contribution in [2.24, 2.45) is 0 Å². The van der Waals surface area contributed by atoms with E-state index in [1.165, 1.54) is 6.20 Å². The lowest BCUT2D eigenvalue weighted by Gasteiger charge is -2.29. The Labute approximate surface area is 140 Å². The molecule has 6 heteroatoms. The molecule has 4 rings (SSSR count). The zero-order valence-corrected chi connectivity index (χ0v) is 13.1. The number of nitrogens with one attached hydrogen (secondary N) is 1. The number of aromatic nitrogens is 2. The van der Waals surface area contributed by atoms with Gasteiger partial charge in [-0.1, -0.05) is 6.07 Å². The van der Waals surface area contributed by atoms with E-state index < -0.39 is 0 Å². The molecule has 0 bridgehead atoms. The van der Waals surface area contributed by atoms with E-state index in [0.717, 1.165) is 18.4 Å². The van der Waals surface area contributed by atoms with Gasteiger partial charge in [-0.25, -0.2) is 4.98 Å². The first-order valence-electron chi connectivity index (χ1n) is 8.10. The molecule has 2 atom stereocenters. The highest BCUT2D eigenvalue weighted by Gasteiger charge is 2.47. The molecule has 0 spiro atoms. The average Bonchev–Trinajstić information content (AvgIpc) is 3.40. The fraction of sp³-hybridized carbons (Fsp3) is 0.333. The fourth-order valence-electron chi connectivity index (χ4n) is 3.35. The monoisotopic (exact) mass is 319 g/mol. The zero-order chi connectivity index (χ0) is 16.5. The molecule has 6 nitrogen and oxygen atoms in total. The Bertz CT molecular complexity index is 779. The highest BCUT2D eigenvalue weighted by atomic mass is 16.2. The van der Waals surface area contributed by atoms with Crippen molar-refractivity contribution in [3.8, 4) is 6.07 Å². The lowest BCUT2D eigenvalue weighted by atomic mass is 10.0. The van der Waals surface area contributed by atoms with E-state index in [9.17, 15) is 4.79 Å². The van der Waals surface area contributed by atoms with Crippen LogP contribution in [0.5, 0.6) is 0 Å². The summed E-state index contributed by atoms with van der Waals surface area (Å²) >= 11 is 0. The van der Waals surface area contributed by atoms with Crippen LogP contribution in [-0.2, 0) is 4.79 Å². The molecular weight excluding hydrogens is 302 g/mol. The number of amides is 1. The minimum atomic E-state index is -0.0530. The van der Waals surface area contributed by atoms with Crippen LogP contribution in [0.2, 0.25) is 0 Å². The molecule has 0 aromatic carbocycles. The summed E-state index contributed by atoms with van der Waals surface area (Å²) in [6.45, 7) is 0. The summed E-state index contributed by atoms with van der Waals surface area (Å²) in [5, 5.41) is 12.2. The van der Waals surface area contributed by atoms with Crippen molar-refractivity contribution < 1.29 is 4.79 Å². The van der Waals surface area contributed by atoms with Gasteiger partial charge in [0, 0.05) is 31.1 Å². The minimum absolute atomic E-state index is 0.0313. The number of nitriles is 1. The smallest absolute Gasteiger partial charge is 0.225 e. The van der Waals surface area contributed by atoms with Gasteiger partial charge in [0.05, 0.1) is 17.6 Å². The van der Waals surface area contributed by atoms with Crippen LogP contribution in [0.25, 0.3) is 0 Å². The third-order valence-corrected chi connectivity index (χ3v) is 4.56. The minimum Gasteiger partial charge on any atom is -0.364 e. The van der Waals surface area contributed by atoms with Crippen molar-refractivity contribution in [1.82, 2.24) is 14.9 Å². The number of carbonyl (C=O) groups excluding carboxylic acids is 1. The van der Waals surface area contributed by atoms with Crippen LogP contribution < -0.4 is 5.32 Å². The molecule has 1 aliphatic heterocycles. The maximum atomic E-state index is 12.5. The van der Waals surface area contributed by atoms with Crippen LogP contribution in [0.1, 0.15) is 36.4 Å². The molecular formula is C18H17N5O. The molecule has 1 saturated heterocycles. The van der Waals surface area contributed by atoms with Gasteiger partial charge in [-0.2, -0.15) is 5.26 Å². The van der Waals surface area contributed by atoms with Crippen LogP contribution in [0.15, 0.2) is 42.9 Å². The maximum absolute atomic E-state index is 12.5. The Balaban J connectivity index is 1.62. The first kappa shape index (κ1) is 14.6. The van der Waals surface area contributed by atoms with E-state index in [4.69, 9.17) is 5.26 Å². The van der Waals surface area contributed by atoms with Crippen molar-refractivity contribution in [2.75, 3.05) is 5.32 Å². The summed E-state index contributed by atoms with van der Waals surface area (Å²) in [5.74, 6) is 0.857. The molecule has 2 aliphatic rings. The number of likely N-dealkylation sites (tertiary alicyclic amines) is 1. The Morgan fingerprint density at radius 1 is 1.25 bits per heavy atom. The molecule has 1 saturated carbocycles. The number of pyridine rings is 2. The molecule has 1 aliphatic carbocycles. The summed E-state index contributed by atoms with van der Waals surface area (Å²) in [5.41, 5.74) is 1.56. The van der Waals surface area contributed by atoms with Gasteiger partial charge in [0.15, 0.2) is 0 Å². The predicted molar refractivity (Wildman–Crippen MR) is 87.8 cm³/mol. The van der Waals surface area contributed by atoms with Crippen molar-refractivity contribution >= 4 is 11.7 Å². The molecule has 120 valence electrons. The van der Waals surface area contributed by atoms with E-state index in [1.807, 2.05) is 23.2 Å². The normalized spacial score (nSPS) is 23.1. The third kappa shape index (κ3) is 2.69. The van der Waals surface area contributed by atoms with E-state index in [0.29, 0.717) is 23.8 Å². The van der Waals surface area contributed by atoms with E-state index in [-0.39, 0.29) is 18.0 Å². The Morgan fingerprint density at radius 3 is 2.75 bits per heavy atom. The Kier molecular flexibility index (Phi) is 3.62. The van der Waals surface area contributed by atoms with E-state index in [1.54, 1.807) is 18.3 Å². The van der Waals surface area contributed by atoms with Crippen molar-refractivity contribution in [1.29, 1.82) is 5.26 Å². The lowest BCUT2D eigenvalue weighted by molar-refractivity contribution is -0.129. The molecule has 2 fully saturated rings. The van der Waals surface area contributed by atoms with Gasteiger partial charge < -0.3 is 10.2 Å². The van der Waals surface area contributed by atoms with Crippen LogP contribution in [0.3, 0.4) is 0 Å². The van der Waals surface area contributed by atoms with Gasteiger partial charge in [-0.15, -0.1) is 0 Å². The number of rotatable bonds is 4. The molecule has 3 heterocycles. The summed E-state index contributed by atoms with van der Waals surface area (Å²) in [4.78, 5) is 23.0. The first-order valence-corrected chi connectivity index (χ1v) is 8.10. The van der Waals surface area contributed by atoms with E-state index in [2.05, 4.69) is 21.4 Å². The standard InChI is InChI=1S/C18H17N5O/c19-9-12-3-6-16(21-10-12)22-15-8-17(24)23(14-4-5-14)18(15)13-2-1-7-20-11-13/h1-3,6-7,10-11,14-15,18H,4-5,8H2,(H,21,22)/t15-,18+/m1/s1. The topological polar surface area (TPSA) is 81.9 Å². The number of nitrogens with zero attached hydrogens (tertiary/aromatic N) is 4. The van der Waals surface area contributed by atoms with Crippen molar-refractivity contribution in [3.63, 3.8) is 0 Å². The predicted octanol–water partition coefficient (Wildman–Crippen LogP) is 2.26. The maximum Gasteiger partial charge on any atom is 0.225 e. The Morgan fingerprint density at radius 2 is 2.12 bits per heavy atom. The van der Waals surface area contributed by atoms with Crippen LogP contribution in [0, 0.1) is 11.3 Å². The van der Waals surface area contributed by atoms with Gasteiger partial charge in [-0.3, -0.25) is 9.78 Å². The quantitative estimate of drug-likeness (QED) is 0.935. The third-order valence-electron chi connectivity index (χ3n) is 4.56. The van der Waals surface area contributed by atoms with Gasteiger partial charge in [0.1, 0.15) is 11.9 Å². The average molecular weight is 319 g/mol. The second-order valence-corrected chi connectivity index (χ2v) is 6.26. The highest BCUT2D eigenvalue weighted by molar-refractivity contribution is 5.82. The number of hydrogen-bond acceptors (Lipinski definition) is 5. The highest BCUT2D eigenvalue weighted by Crippen LogP contribution is 2.42. The van der Waals surface area contributed by atoms with Crippen molar-refractivity contribution in [3.05, 3.63) is 54.0 Å². The van der Waals surface area contributed by atoms with E-state index >= 15 is 0 Å². The number of hydrogen-bond donors (Lipinski definition) is 1. The summed E-state index contributed by atoms with van der Waals surface area (Å²) in [7, 11) is 0. The molecule has 0 radical (unpaired) electrons. The largest absolute Gasteiger partial charge is 0.364 e. The molecule has 24 heavy (non-hydrogen) atoms. The van der Waals surface area contributed by atoms with Gasteiger partial charge in [0.2, 0.25) is 5.91 Å². The molecule has 2 aromatic heterocycles. The van der Waals surface area contributed by atoms with Gasteiger partial charge >= 0.3 is 0 Å². The van der Waals surface area contributed by atoms with Crippen LogP contribution in [-0.4, -0.2) is 32.9 Å². The second kappa shape index (κ2) is 5.93.